The van der Waals surface area contributed by atoms with E-state index in [2.05, 4.69) is 0 Å². The summed E-state index contributed by atoms with van der Waals surface area (Å²) in [7, 11) is 0. The maximum Gasteiger partial charge on any atom is 0.471 e. The van der Waals surface area contributed by atoms with Crippen LogP contribution in [-0.4, -0.2) is 34.2 Å². The standard InChI is InChI=1S/C11H8F3NO5/c12-11(13,14)10(20)15-4-6-2-1-5(8(16)17)3-7(6)9(18)19/h1-3H,4H2,(H,15,20)(H,16,17)(H,18,19). The van der Waals surface area contributed by atoms with Gasteiger partial charge in [-0.1, -0.05) is 6.07 Å². The van der Waals surface area contributed by atoms with Crippen molar-refractivity contribution in [3.8, 4) is 0 Å². The van der Waals surface area contributed by atoms with E-state index in [9.17, 15) is 27.6 Å². The van der Waals surface area contributed by atoms with Crippen LogP contribution in [-0.2, 0) is 11.3 Å². The van der Waals surface area contributed by atoms with Crippen molar-refractivity contribution in [3.63, 3.8) is 0 Å². The highest BCUT2D eigenvalue weighted by atomic mass is 19.4. The number of carboxylic acid groups (broad SMARTS) is 2. The summed E-state index contributed by atoms with van der Waals surface area (Å²) in [5.74, 6) is -5.10. The van der Waals surface area contributed by atoms with Gasteiger partial charge < -0.3 is 15.5 Å². The van der Waals surface area contributed by atoms with Crippen LogP contribution in [0.15, 0.2) is 18.2 Å². The summed E-state index contributed by atoms with van der Waals surface area (Å²) in [6, 6.07) is 2.87. The number of aromatic carboxylic acids is 2. The first-order valence-electron chi connectivity index (χ1n) is 5.07. The molecule has 6 nitrogen and oxygen atoms in total. The molecule has 0 aromatic heterocycles. The lowest BCUT2D eigenvalue weighted by atomic mass is 10.0. The third-order valence-corrected chi connectivity index (χ3v) is 2.28. The zero-order chi connectivity index (χ0) is 15.5. The van der Waals surface area contributed by atoms with E-state index >= 15 is 0 Å². The molecule has 0 unspecified atom stereocenters. The molecule has 1 aromatic rings. The first-order chi connectivity index (χ1) is 9.12. The Labute approximate surface area is 109 Å². The molecule has 1 amide bonds. The summed E-state index contributed by atoms with van der Waals surface area (Å²) in [4.78, 5) is 32.2. The highest BCUT2D eigenvalue weighted by molar-refractivity contribution is 5.95. The monoisotopic (exact) mass is 291 g/mol. The first-order valence-corrected chi connectivity index (χ1v) is 5.07. The summed E-state index contributed by atoms with van der Waals surface area (Å²) in [5, 5.41) is 19.1. The lowest BCUT2D eigenvalue weighted by Crippen LogP contribution is -2.36. The van der Waals surface area contributed by atoms with Crippen molar-refractivity contribution in [3.05, 3.63) is 34.9 Å². The van der Waals surface area contributed by atoms with E-state index in [4.69, 9.17) is 10.2 Å². The van der Waals surface area contributed by atoms with Crippen LogP contribution in [0, 0.1) is 0 Å². The normalized spacial score (nSPS) is 10.9. The van der Waals surface area contributed by atoms with Gasteiger partial charge in [0.2, 0.25) is 0 Å². The van der Waals surface area contributed by atoms with Crippen molar-refractivity contribution in [2.45, 2.75) is 12.7 Å². The average Bonchev–Trinajstić information content (AvgIpc) is 2.34. The minimum Gasteiger partial charge on any atom is -0.478 e. The van der Waals surface area contributed by atoms with Crippen LogP contribution >= 0.6 is 0 Å². The van der Waals surface area contributed by atoms with Gasteiger partial charge in [0, 0.05) is 6.54 Å². The van der Waals surface area contributed by atoms with Gasteiger partial charge >= 0.3 is 24.0 Å². The Balaban J connectivity index is 2.98. The highest BCUT2D eigenvalue weighted by Crippen LogP contribution is 2.16. The summed E-state index contributed by atoms with van der Waals surface area (Å²) in [5.41, 5.74) is -0.958. The Kier molecular flexibility index (Phi) is 4.33. The zero-order valence-corrected chi connectivity index (χ0v) is 9.69. The Morgan fingerprint density at radius 2 is 1.70 bits per heavy atom. The van der Waals surface area contributed by atoms with Crippen LogP contribution in [0.2, 0.25) is 0 Å². The van der Waals surface area contributed by atoms with Crippen molar-refractivity contribution in [2.24, 2.45) is 0 Å². The van der Waals surface area contributed by atoms with E-state index < -0.39 is 36.1 Å². The Bertz CT molecular complexity index is 568. The average molecular weight is 291 g/mol. The van der Waals surface area contributed by atoms with Crippen molar-refractivity contribution in [1.82, 2.24) is 5.32 Å². The SMILES string of the molecule is O=C(O)c1ccc(CNC(=O)C(F)(F)F)c(C(=O)O)c1. The molecule has 0 saturated heterocycles. The fraction of sp³-hybridized carbons (Fsp3) is 0.182. The van der Waals surface area contributed by atoms with E-state index in [1.54, 1.807) is 0 Å². The van der Waals surface area contributed by atoms with Gasteiger partial charge in [0.05, 0.1) is 11.1 Å². The fourth-order valence-electron chi connectivity index (χ4n) is 1.34. The molecule has 0 atom stereocenters. The number of carbonyl (C=O) groups excluding carboxylic acids is 1. The third kappa shape index (κ3) is 3.70. The van der Waals surface area contributed by atoms with E-state index in [-0.39, 0.29) is 11.1 Å². The lowest BCUT2D eigenvalue weighted by molar-refractivity contribution is -0.173. The largest absolute Gasteiger partial charge is 0.478 e. The summed E-state index contributed by atoms with van der Waals surface area (Å²) in [6.45, 7) is -0.681. The van der Waals surface area contributed by atoms with E-state index in [0.717, 1.165) is 18.2 Å². The molecule has 0 saturated carbocycles. The molecule has 0 spiro atoms. The Morgan fingerprint density at radius 3 is 2.15 bits per heavy atom. The second kappa shape index (κ2) is 5.59. The van der Waals surface area contributed by atoms with Crippen molar-refractivity contribution < 1.29 is 37.8 Å². The van der Waals surface area contributed by atoms with Gasteiger partial charge in [0.25, 0.3) is 0 Å². The molecule has 9 heteroatoms. The number of hydrogen-bond acceptors (Lipinski definition) is 3. The summed E-state index contributed by atoms with van der Waals surface area (Å²) < 4.78 is 35.9. The third-order valence-electron chi connectivity index (χ3n) is 2.28. The van der Waals surface area contributed by atoms with Crippen molar-refractivity contribution in [2.75, 3.05) is 0 Å². The highest BCUT2D eigenvalue weighted by Gasteiger charge is 2.38. The van der Waals surface area contributed by atoms with Crippen molar-refractivity contribution >= 4 is 17.8 Å². The smallest absolute Gasteiger partial charge is 0.471 e. The Morgan fingerprint density at radius 1 is 1.10 bits per heavy atom. The lowest BCUT2D eigenvalue weighted by Gasteiger charge is -2.10. The number of hydrogen-bond donors (Lipinski definition) is 3. The molecular weight excluding hydrogens is 283 g/mol. The molecule has 1 aromatic carbocycles. The maximum absolute atomic E-state index is 12.0. The van der Waals surface area contributed by atoms with Gasteiger partial charge in [-0.25, -0.2) is 9.59 Å². The van der Waals surface area contributed by atoms with Crippen molar-refractivity contribution in [1.29, 1.82) is 0 Å². The topological polar surface area (TPSA) is 104 Å². The predicted octanol–water partition coefficient (Wildman–Crippen LogP) is 1.26. The number of alkyl halides is 3. The molecule has 0 heterocycles. The minimum absolute atomic E-state index is 0.139. The van der Waals surface area contributed by atoms with Crippen LogP contribution in [0.5, 0.6) is 0 Å². The second-order valence-corrected chi connectivity index (χ2v) is 3.66. The van der Waals surface area contributed by atoms with Crippen LogP contribution < -0.4 is 5.32 Å². The van der Waals surface area contributed by atoms with Gasteiger partial charge in [-0.15, -0.1) is 0 Å². The molecule has 1 rings (SSSR count). The first kappa shape index (κ1) is 15.5. The molecule has 0 bridgehead atoms. The van der Waals surface area contributed by atoms with Gasteiger partial charge in [-0.2, -0.15) is 13.2 Å². The molecule has 20 heavy (non-hydrogen) atoms. The van der Waals surface area contributed by atoms with Gasteiger partial charge in [-0.05, 0) is 17.7 Å². The number of amides is 1. The van der Waals surface area contributed by atoms with E-state index in [1.165, 1.54) is 5.32 Å². The maximum atomic E-state index is 12.0. The van der Waals surface area contributed by atoms with Crippen LogP contribution in [0.4, 0.5) is 13.2 Å². The number of nitrogens with one attached hydrogen (secondary N) is 1. The van der Waals surface area contributed by atoms with Crippen LogP contribution in [0.1, 0.15) is 26.3 Å². The molecule has 0 aliphatic carbocycles. The molecular formula is C11H8F3NO5. The quantitative estimate of drug-likeness (QED) is 0.774. The minimum atomic E-state index is -5.08. The molecule has 108 valence electrons. The number of rotatable bonds is 4. The van der Waals surface area contributed by atoms with E-state index in [0.29, 0.717) is 0 Å². The molecule has 0 aliphatic heterocycles. The fourth-order valence-corrected chi connectivity index (χ4v) is 1.34. The van der Waals surface area contributed by atoms with Gasteiger partial charge in [-0.3, -0.25) is 4.79 Å². The van der Waals surface area contributed by atoms with Crippen LogP contribution in [0.3, 0.4) is 0 Å². The van der Waals surface area contributed by atoms with Gasteiger partial charge in [0.15, 0.2) is 0 Å². The molecule has 0 fully saturated rings. The number of carboxylic acids is 2. The molecule has 3 N–H and O–H groups in total. The molecule has 0 aliphatic rings. The number of halogens is 3. The second-order valence-electron chi connectivity index (χ2n) is 3.66. The van der Waals surface area contributed by atoms with Crippen LogP contribution in [0.25, 0.3) is 0 Å². The molecule has 0 radical (unpaired) electrons. The van der Waals surface area contributed by atoms with Gasteiger partial charge in [0.1, 0.15) is 0 Å². The number of carbonyl (C=O) groups is 3. The Hall–Kier alpha value is -2.58. The summed E-state index contributed by atoms with van der Waals surface area (Å²) >= 11 is 0. The number of benzene rings is 1. The zero-order valence-electron chi connectivity index (χ0n) is 9.69. The summed E-state index contributed by atoms with van der Waals surface area (Å²) in [6.07, 6.45) is -5.08. The predicted molar refractivity (Wildman–Crippen MR) is 58.3 cm³/mol. The van der Waals surface area contributed by atoms with E-state index in [1.807, 2.05) is 0 Å².